The van der Waals surface area contributed by atoms with E-state index in [0.717, 1.165) is 44.9 Å². The van der Waals surface area contributed by atoms with Crippen molar-refractivity contribution in [1.29, 1.82) is 0 Å². The molecule has 2 N–H and O–H groups in total. The fraction of sp³-hybridized carbons (Fsp3) is 0.600. The van der Waals surface area contributed by atoms with Gasteiger partial charge in [-0.15, -0.1) is 0 Å². The van der Waals surface area contributed by atoms with Crippen molar-refractivity contribution in [2.45, 2.75) is 65.7 Å². The lowest BCUT2D eigenvalue weighted by atomic mass is 9.99. The van der Waals surface area contributed by atoms with Crippen LogP contribution in [0.2, 0.25) is 0 Å². The van der Waals surface area contributed by atoms with Crippen molar-refractivity contribution < 1.29 is 9.59 Å². The monoisotopic (exact) mass is 332 g/mol. The summed E-state index contributed by atoms with van der Waals surface area (Å²) in [5.74, 6) is -0.707. The van der Waals surface area contributed by atoms with Gasteiger partial charge in [-0.2, -0.15) is 0 Å². The maximum absolute atomic E-state index is 12.0. The molecule has 2 amide bonds. The molecule has 0 saturated heterocycles. The summed E-state index contributed by atoms with van der Waals surface area (Å²) in [7, 11) is 0. The molecule has 0 saturated carbocycles. The first-order valence-corrected chi connectivity index (χ1v) is 9.28. The fourth-order valence-corrected chi connectivity index (χ4v) is 2.58. The lowest BCUT2D eigenvalue weighted by molar-refractivity contribution is -0.136. The molecule has 4 heteroatoms. The summed E-state index contributed by atoms with van der Waals surface area (Å²) in [6.07, 6.45) is 7.78. The molecule has 1 aromatic rings. The summed E-state index contributed by atoms with van der Waals surface area (Å²) in [4.78, 5) is 23.9. The van der Waals surface area contributed by atoms with Crippen LogP contribution in [0, 0.1) is 5.92 Å². The number of anilines is 1. The molecule has 0 fully saturated rings. The van der Waals surface area contributed by atoms with Gasteiger partial charge in [0.25, 0.3) is 0 Å². The molecule has 134 valence electrons. The number of rotatable bonds is 10. The Labute approximate surface area is 146 Å². The molecule has 0 aliphatic heterocycles. The van der Waals surface area contributed by atoms with Crippen LogP contribution in [-0.4, -0.2) is 18.4 Å². The average molecular weight is 332 g/mol. The van der Waals surface area contributed by atoms with Crippen LogP contribution in [0.4, 0.5) is 5.69 Å². The summed E-state index contributed by atoms with van der Waals surface area (Å²) in [5, 5.41) is 5.41. The lowest BCUT2D eigenvalue weighted by Gasteiger charge is -2.15. The van der Waals surface area contributed by atoms with E-state index < -0.39 is 11.8 Å². The molecular formula is C20H32N2O2. The van der Waals surface area contributed by atoms with Crippen molar-refractivity contribution in [1.82, 2.24) is 5.32 Å². The highest BCUT2D eigenvalue weighted by atomic mass is 16.2. The van der Waals surface area contributed by atoms with E-state index in [9.17, 15) is 9.59 Å². The van der Waals surface area contributed by atoms with Crippen molar-refractivity contribution in [2.75, 3.05) is 11.9 Å². The maximum atomic E-state index is 12.0. The van der Waals surface area contributed by atoms with E-state index in [4.69, 9.17) is 0 Å². The highest BCUT2D eigenvalue weighted by molar-refractivity contribution is 6.39. The minimum Gasteiger partial charge on any atom is -0.348 e. The molecule has 0 aliphatic carbocycles. The number of hydrogen-bond acceptors (Lipinski definition) is 2. The molecule has 0 aromatic heterocycles. The third-order valence-electron chi connectivity index (χ3n) is 4.33. The van der Waals surface area contributed by atoms with Crippen LogP contribution in [0.15, 0.2) is 24.3 Å². The first-order valence-electron chi connectivity index (χ1n) is 9.28. The normalized spacial score (nSPS) is 11.8. The van der Waals surface area contributed by atoms with Crippen LogP contribution in [0.1, 0.15) is 64.9 Å². The van der Waals surface area contributed by atoms with Crippen LogP contribution in [0.5, 0.6) is 0 Å². The third-order valence-corrected chi connectivity index (χ3v) is 4.33. The van der Waals surface area contributed by atoms with E-state index in [0.29, 0.717) is 18.2 Å². The molecule has 1 rings (SSSR count). The summed E-state index contributed by atoms with van der Waals surface area (Å²) in [6.45, 7) is 7.01. The Hall–Kier alpha value is -1.84. The summed E-state index contributed by atoms with van der Waals surface area (Å²) >= 11 is 0. The molecule has 0 aliphatic rings. The van der Waals surface area contributed by atoms with Crippen molar-refractivity contribution in [3.63, 3.8) is 0 Å². The van der Waals surface area contributed by atoms with Crippen molar-refractivity contribution in [3.8, 4) is 0 Å². The minimum absolute atomic E-state index is 0.444. The zero-order valence-electron chi connectivity index (χ0n) is 15.4. The molecule has 24 heavy (non-hydrogen) atoms. The number of carbonyl (C=O) groups is 2. The molecule has 0 spiro atoms. The van der Waals surface area contributed by atoms with Crippen LogP contribution < -0.4 is 10.6 Å². The molecule has 0 heterocycles. The number of unbranched alkanes of at least 4 members (excludes halogenated alkanes) is 2. The largest absolute Gasteiger partial charge is 0.348 e. The van der Waals surface area contributed by atoms with Gasteiger partial charge in [0, 0.05) is 12.2 Å². The summed E-state index contributed by atoms with van der Waals surface area (Å²) < 4.78 is 0. The number of aryl methyl sites for hydroxylation is 1. The molecule has 0 unspecified atom stereocenters. The first-order chi connectivity index (χ1) is 11.6. The predicted octanol–water partition coefficient (Wildman–Crippen LogP) is 4.30. The molecule has 4 nitrogen and oxygen atoms in total. The highest BCUT2D eigenvalue weighted by Crippen LogP contribution is 2.13. The smallest absolute Gasteiger partial charge is 0.313 e. The topological polar surface area (TPSA) is 58.2 Å². The van der Waals surface area contributed by atoms with E-state index >= 15 is 0 Å². The van der Waals surface area contributed by atoms with Gasteiger partial charge in [-0.05, 0) is 42.9 Å². The second kappa shape index (κ2) is 11.7. The SMILES string of the molecule is CCCCc1ccc(NC(=O)C(=O)NC[C@@H](CC)CCCC)cc1. The van der Waals surface area contributed by atoms with E-state index in [1.165, 1.54) is 5.56 Å². The summed E-state index contributed by atoms with van der Waals surface area (Å²) in [6, 6.07) is 7.71. The van der Waals surface area contributed by atoms with Crippen LogP contribution >= 0.6 is 0 Å². The summed E-state index contributed by atoms with van der Waals surface area (Å²) in [5.41, 5.74) is 1.91. The minimum atomic E-state index is -0.596. The maximum Gasteiger partial charge on any atom is 0.313 e. The number of hydrogen-bond donors (Lipinski definition) is 2. The Morgan fingerprint density at radius 2 is 1.62 bits per heavy atom. The molecule has 1 atom stereocenters. The Kier molecular flexibility index (Phi) is 9.81. The Bertz CT molecular complexity index is 497. The first kappa shape index (κ1) is 20.2. The molecule has 0 bridgehead atoms. The van der Waals surface area contributed by atoms with Crippen molar-refractivity contribution in [3.05, 3.63) is 29.8 Å². The van der Waals surface area contributed by atoms with Gasteiger partial charge in [0.05, 0.1) is 0 Å². The van der Waals surface area contributed by atoms with Crippen LogP contribution in [0.3, 0.4) is 0 Å². The molecular weight excluding hydrogens is 300 g/mol. The number of carbonyl (C=O) groups excluding carboxylic acids is 2. The number of benzene rings is 1. The van der Waals surface area contributed by atoms with Crippen LogP contribution in [0.25, 0.3) is 0 Å². The van der Waals surface area contributed by atoms with E-state index in [1.54, 1.807) is 0 Å². The Balaban J connectivity index is 2.41. The van der Waals surface area contributed by atoms with Gasteiger partial charge in [0.1, 0.15) is 0 Å². The molecule has 0 radical (unpaired) electrons. The van der Waals surface area contributed by atoms with Gasteiger partial charge in [-0.3, -0.25) is 9.59 Å². The van der Waals surface area contributed by atoms with Gasteiger partial charge < -0.3 is 10.6 Å². The van der Waals surface area contributed by atoms with Gasteiger partial charge in [-0.1, -0.05) is 58.6 Å². The standard InChI is InChI=1S/C20H32N2O2/c1-4-7-9-16(6-3)15-21-19(23)20(24)22-18-13-11-17(12-14-18)10-8-5-2/h11-14,16H,4-10,15H2,1-3H3,(H,21,23)(H,22,24)/t16-/m0/s1. The van der Waals surface area contributed by atoms with Gasteiger partial charge >= 0.3 is 11.8 Å². The van der Waals surface area contributed by atoms with Gasteiger partial charge in [0.15, 0.2) is 0 Å². The van der Waals surface area contributed by atoms with Crippen LogP contribution in [-0.2, 0) is 16.0 Å². The third kappa shape index (κ3) is 7.62. The molecule has 1 aromatic carbocycles. The van der Waals surface area contributed by atoms with E-state index in [-0.39, 0.29) is 0 Å². The predicted molar refractivity (Wildman–Crippen MR) is 100.0 cm³/mol. The second-order valence-corrected chi connectivity index (χ2v) is 6.38. The van der Waals surface area contributed by atoms with Crippen molar-refractivity contribution in [2.24, 2.45) is 5.92 Å². The lowest BCUT2D eigenvalue weighted by Crippen LogP contribution is -2.38. The zero-order chi connectivity index (χ0) is 17.8. The number of amides is 2. The number of nitrogens with one attached hydrogen (secondary N) is 2. The van der Waals surface area contributed by atoms with E-state index in [1.807, 2.05) is 24.3 Å². The highest BCUT2D eigenvalue weighted by Gasteiger charge is 2.15. The quantitative estimate of drug-likeness (QED) is 0.628. The average Bonchev–Trinajstić information content (AvgIpc) is 2.61. The van der Waals surface area contributed by atoms with E-state index in [2.05, 4.69) is 31.4 Å². The van der Waals surface area contributed by atoms with Gasteiger partial charge in [-0.25, -0.2) is 0 Å². The second-order valence-electron chi connectivity index (χ2n) is 6.38. The fourth-order valence-electron chi connectivity index (χ4n) is 2.58. The van der Waals surface area contributed by atoms with Gasteiger partial charge in [0.2, 0.25) is 0 Å². The zero-order valence-corrected chi connectivity index (χ0v) is 15.4. The Morgan fingerprint density at radius 1 is 0.958 bits per heavy atom. The van der Waals surface area contributed by atoms with Crippen molar-refractivity contribution >= 4 is 17.5 Å². The Morgan fingerprint density at radius 3 is 2.21 bits per heavy atom.